The van der Waals surface area contributed by atoms with Gasteiger partial charge in [-0.2, -0.15) is 0 Å². The minimum Gasteiger partial charge on any atom is -0.449 e. The molecule has 1 heterocycles. The number of hydrogen-bond acceptors (Lipinski definition) is 6. The first-order chi connectivity index (χ1) is 11.7. The van der Waals surface area contributed by atoms with Crippen LogP contribution in [0.2, 0.25) is 4.34 Å². The van der Waals surface area contributed by atoms with E-state index in [0.717, 1.165) is 11.3 Å². The van der Waals surface area contributed by atoms with Crippen LogP contribution in [0.25, 0.3) is 0 Å². The summed E-state index contributed by atoms with van der Waals surface area (Å²) in [5, 5.41) is 2.36. The summed E-state index contributed by atoms with van der Waals surface area (Å²) in [7, 11) is -2.48. The summed E-state index contributed by atoms with van der Waals surface area (Å²) in [6, 6.07) is 8.78. The van der Waals surface area contributed by atoms with Gasteiger partial charge in [-0.15, -0.1) is 11.3 Å². The Labute approximate surface area is 154 Å². The second kappa shape index (κ2) is 7.85. The Morgan fingerprint density at radius 3 is 2.48 bits per heavy atom. The minimum absolute atomic E-state index is 0.00974. The summed E-state index contributed by atoms with van der Waals surface area (Å²) in [6.07, 6.45) is -1.02. The molecule has 1 aromatic carbocycles. The molecule has 1 aromatic heterocycles. The second-order valence-electron chi connectivity index (χ2n) is 4.87. The van der Waals surface area contributed by atoms with Gasteiger partial charge in [-0.25, -0.2) is 13.2 Å². The summed E-state index contributed by atoms with van der Waals surface area (Å²) >= 11 is 6.66. The van der Waals surface area contributed by atoms with Gasteiger partial charge in [0.1, 0.15) is 4.21 Å². The van der Waals surface area contributed by atoms with Crippen LogP contribution in [0.15, 0.2) is 40.6 Å². The number of esters is 1. The van der Waals surface area contributed by atoms with Crippen LogP contribution < -0.4 is 10.0 Å². The van der Waals surface area contributed by atoms with Gasteiger partial charge < -0.3 is 10.1 Å². The highest BCUT2D eigenvalue weighted by molar-refractivity contribution is 7.94. The van der Waals surface area contributed by atoms with Gasteiger partial charge >= 0.3 is 5.97 Å². The molecule has 2 N–H and O–H groups in total. The second-order valence-corrected chi connectivity index (χ2v) is 8.50. The number of ether oxygens (including phenoxy) is 1. The third-order valence-corrected chi connectivity index (χ3v) is 6.19. The molecule has 0 spiro atoms. The average Bonchev–Trinajstić information content (AvgIpc) is 3.01. The molecule has 1 amide bonds. The molecule has 0 saturated heterocycles. The van der Waals surface area contributed by atoms with Gasteiger partial charge in [0, 0.05) is 7.05 Å². The zero-order valence-corrected chi connectivity index (χ0v) is 15.7. The van der Waals surface area contributed by atoms with Crippen molar-refractivity contribution in [2.24, 2.45) is 0 Å². The van der Waals surface area contributed by atoms with Crippen molar-refractivity contribution in [2.75, 3.05) is 11.8 Å². The maximum absolute atomic E-state index is 12.4. The Morgan fingerprint density at radius 1 is 1.20 bits per heavy atom. The third kappa shape index (κ3) is 4.71. The van der Waals surface area contributed by atoms with Crippen molar-refractivity contribution in [2.45, 2.75) is 17.2 Å². The van der Waals surface area contributed by atoms with E-state index in [1.165, 1.54) is 38.2 Å². The number of rotatable bonds is 6. The van der Waals surface area contributed by atoms with E-state index in [1.54, 1.807) is 12.1 Å². The van der Waals surface area contributed by atoms with E-state index in [1.807, 2.05) is 0 Å². The lowest BCUT2D eigenvalue weighted by Crippen LogP contribution is -2.33. The zero-order valence-electron chi connectivity index (χ0n) is 13.3. The van der Waals surface area contributed by atoms with Gasteiger partial charge in [0.05, 0.1) is 15.6 Å². The van der Waals surface area contributed by atoms with E-state index in [4.69, 9.17) is 16.3 Å². The predicted octanol–water partition coefficient (Wildman–Crippen LogP) is 2.49. The molecule has 0 aliphatic carbocycles. The fourth-order valence-electron chi connectivity index (χ4n) is 1.87. The van der Waals surface area contributed by atoms with E-state index in [0.29, 0.717) is 4.34 Å². The molecule has 7 nitrogen and oxygen atoms in total. The van der Waals surface area contributed by atoms with Crippen LogP contribution in [0, 0.1) is 0 Å². The molecule has 1 atom stereocenters. The molecule has 0 radical (unpaired) electrons. The van der Waals surface area contributed by atoms with Crippen LogP contribution in [0.4, 0.5) is 5.69 Å². The first-order valence-electron chi connectivity index (χ1n) is 7.04. The molecule has 0 bridgehead atoms. The highest BCUT2D eigenvalue weighted by Crippen LogP contribution is 2.28. The molecule has 25 heavy (non-hydrogen) atoms. The predicted molar refractivity (Wildman–Crippen MR) is 95.5 cm³/mol. The number of carbonyl (C=O) groups is 2. The number of sulfonamides is 1. The van der Waals surface area contributed by atoms with Crippen molar-refractivity contribution in [1.29, 1.82) is 0 Å². The Morgan fingerprint density at radius 2 is 1.88 bits per heavy atom. The van der Waals surface area contributed by atoms with Crippen molar-refractivity contribution < 1.29 is 22.7 Å². The highest BCUT2D eigenvalue weighted by Gasteiger charge is 2.23. The average molecular weight is 403 g/mol. The maximum Gasteiger partial charge on any atom is 0.341 e. The van der Waals surface area contributed by atoms with Crippen molar-refractivity contribution >= 4 is 50.5 Å². The Bertz CT molecular complexity index is 895. The maximum atomic E-state index is 12.4. The molecular formula is C15H15ClN2O5S2. The van der Waals surface area contributed by atoms with Crippen molar-refractivity contribution in [3.63, 3.8) is 0 Å². The summed E-state index contributed by atoms with van der Waals surface area (Å²) in [5.74, 6) is -1.29. The Balaban J connectivity index is 2.26. The van der Waals surface area contributed by atoms with Gasteiger partial charge in [0.25, 0.3) is 15.9 Å². The first-order valence-corrected chi connectivity index (χ1v) is 9.72. The van der Waals surface area contributed by atoms with Crippen molar-refractivity contribution in [1.82, 2.24) is 5.32 Å². The summed E-state index contributed by atoms with van der Waals surface area (Å²) in [4.78, 5) is 23.7. The summed E-state index contributed by atoms with van der Waals surface area (Å²) in [6.45, 7) is 1.41. The van der Waals surface area contributed by atoms with Crippen molar-refractivity contribution in [3.8, 4) is 0 Å². The van der Waals surface area contributed by atoms with Gasteiger partial charge in [-0.3, -0.25) is 9.52 Å². The number of benzene rings is 1. The Hall–Kier alpha value is -2.10. The van der Waals surface area contributed by atoms with Crippen LogP contribution in [0.3, 0.4) is 0 Å². The van der Waals surface area contributed by atoms with Crippen LogP contribution in [0.5, 0.6) is 0 Å². The summed E-state index contributed by atoms with van der Waals surface area (Å²) in [5.41, 5.74) is 0.0330. The lowest BCUT2D eigenvalue weighted by molar-refractivity contribution is -0.128. The molecule has 0 aliphatic heterocycles. The fraction of sp³-hybridized carbons (Fsp3) is 0.200. The van der Waals surface area contributed by atoms with Gasteiger partial charge in [0.2, 0.25) is 0 Å². The lowest BCUT2D eigenvalue weighted by atomic mass is 10.2. The number of thiophene rings is 1. The van der Waals surface area contributed by atoms with Gasteiger partial charge in [-0.05, 0) is 31.2 Å². The summed E-state index contributed by atoms with van der Waals surface area (Å²) < 4.78 is 32.5. The first kappa shape index (κ1) is 19.2. The van der Waals surface area contributed by atoms with E-state index >= 15 is 0 Å². The molecule has 10 heteroatoms. The third-order valence-electron chi connectivity index (χ3n) is 3.10. The normalized spacial score (nSPS) is 12.3. The van der Waals surface area contributed by atoms with E-state index in [2.05, 4.69) is 10.0 Å². The molecular weight excluding hydrogens is 388 g/mol. The Kier molecular flexibility index (Phi) is 6.04. The topological polar surface area (TPSA) is 102 Å². The zero-order chi connectivity index (χ0) is 18.6. The number of anilines is 1. The molecule has 0 aliphatic rings. The SMILES string of the molecule is CNC(=O)[C@@H](C)OC(=O)c1ccccc1NS(=O)(=O)c1ccc(Cl)s1. The van der Waals surface area contributed by atoms with E-state index in [9.17, 15) is 18.0 Å². The quantitative estimate of drug-likeness (QED) is 0.723. The number of amides is 1. The van der Waals surface area contributed by atoms with Gasteiger partial charge in [0.15, 0.2) is 6.10 Å². The number of halogens is 1. The van der Waals surface area contributed by atoms with Gasteiger partial charge in [-0.1, -0.05) is 23.7 Å². The standard InChI is InChI=1S/C15H15ClN2O5S2/c1-9(14(19)17-2)23-15(20)10-5-3-4-6-11(10)18-25(21,22)13-8-7-12(16)24-13/h3-9,18H,1-2H3,(H,17,19)/t9-/m1/s1. The molecule has 2 rings (SSSR count). The number of nitrogens with one attached hydrogen (secondary N) is 2. The number of para-hydroxylation sites is 1. The highest BCUT2D eigenvalue weighted by atomic mass is 35.5. The lowest BCUT2D eigenvalue weighted by Gasteiger charge is -2.14. The smallest absolute Gasteiger partial charge is 0.341 e. The van der Waals surface area contributed by atoms with Crippen LogP contribution in [-0.4, -0.2) is 33.4 Å². The van der Waals surface area contributed by atoms with Crippen molar-refractivity contribution in [3.05, 3.63) is 46.3 Å². The minimum atomic E-state index is -3.90. The number of carbonyl (C=O) groups excluding carboxylic acids is 2. The molecule has 0 saturated carbocycles. The molecule has 0 unspecified atom stereocenters. The number of hydrogen-bond donors (Lipinski definition) is 2. The number of likely N-dealkylation sites (N-methyl/N-ethyl adjacent to an activating group) is 1. The molecule has 134 valence electrons. The van der Waals surface area contributed by atoms with E-state index < -0.39 is 28.0 Å². The van der Waals surface area contributed by atoms with E-state index in [-0.39, 0.29) is 15.5 Å². The van der Waals surface area contributed by atoms with Crippen LogP contribution >= 0.6 is 22.9 Å². The monoisotopic (exact) mass is 402 g/mol. The fourth-order valence-corrected chi connectivity index (χ4v) is 4.43. The molecule has 2 aromatic rings. The molecule has 0 fully saturated rings. The van der Waals surface area contributed by atoms with Crippen LogP contribution in [-0.2, 0) is 19.6 Å². The van der Waals surface area contributed by atoms with Crippen LogP contribution in [0.1, 0.15) is 17.3 Å². The largest absolute Gasteiger partial charge is 0.449 e.